The zero-order valence-electron chi connectivity index (χ0n) is 13.2. The lowest BCUT2D eigenvalue weighted by atomic mass is 10.3. The van der Waals surface area contributed by atoms with Gasteiger partial charge in [-0.25, -0.2) is 9.18 Å². The number of carbonyl (C=O) groups excluding carboxylic acids is 2. The van der Waals surface area contributed by atoms with Crippen LogP contribution >= 0.6 is 11.6 Å². The number of carboxylic acids is 1. The molecule has 0 saturated carbocycles. The first-order valence-corrected chi connectivity index (χ1v) is 7.05. The SMILES string of the molecule is CC1C(=O)N(CCN(C)C)CN1C(=O)C(F)Cl.O=C(O)C(F)(F)F. The number of nitrogens with zero attached hydrogens (tertiary/aromatic N) is 3. The summed E-state index contributed by atoms with van der Waals surface area (Å²) in [5, 5.41) is 7.12. The highest BCUT2D eigenvalue weighted by Gasteiger charge is 2.40. The Kier molecular flexibility index (Phi) is 8.41. The van der Waals surface area contributed by atoms with Crippen molar-refractivity contribution in [3.8, 4) is 0 Å². The molecule has 24 heavy (non-hydrogen) atoms. The number of hydrogen-bond donors (Lipinski definition) is 1. The number of halogens is 5. The van der Waals surface area contributed by atoms with Crippen molar-refractivity contribution in [3.63, 3.8) is 0 Å². The smallest absolute Gasteiger partial charge is 0.475 e. The third-order valence-electron chi connectivity index (χ3n) is 2.99. The molecule has 0 radical (unpaired) electrons. The first-order valence-electron chi connectivity index (χ1n) is 6.61. The van der Waals surface area contributed by atoms with Crippen molar-refractivity contribution in [2.75, 3.05) is 33.9 Å². The summed E-state index contributed by atoms with van der Waals surface area (Å²) in [5.74, 6) is -3.77. The fourth-order valence-corrected chi connectivity index (χ4v) is 1.79. The number of amides is 2. The summed E-state index contributed by atoms with van der Waals surface area (Å²) < 4.78 is 44.5. The van der Waals surface area contributed by atoms with Gasteiger partial charge >= 0.3 is 12.1 Å². The fourth-order valence-electron chi connectivity index (χ4n) is 1.66. The largest absolute Gasteiger partial charge is 0.490 e. The highest BCUT2D eigenvalue weighted by atomic mass is 35.5. The van der Waals surface area contributed by atoms with Gasteiger partial charge in [-0.2, -0.15) is 13.2 Å². The first kappa shape index (κ1) is 22.4. The Balaban J connectivity index is 0.000000640. The molecule has 1 rings (SSSR count). The summed E-state index contributed by atoms with van der Waals surface area (Å²) in [6.07, 6.45) is -5.08. The molecule has 1 saturated heterocycles. The number of hydrogen-bond acceptors (Lipinski definition) is 4. The van der Waals surface area contributed by atoms with Crippen LogP contribution < -0.4 is 0 Å². The number of rotatable bonds is 4. The lowest BCUT2D eigenvalue weighted by Gasteiger charge is -2.20. The second kappa shape index (κ2) is 9.02. The Labute approximate surface area is 140 Å². The molecule has 0 aromatic carbocycles. The highest BCUT2D eigenvalue weighted by molar-refractivity contribution is 6.29. The lowest BCUT2D eigenvalue weighted by Crippen LogP contribution is -2.39. The third-order valence-corrected chi connectivity index (χ3v) is 3.18. The summed E-state index contributed by atoms with van der Waals surface area (Å²) >= 11 is 5.10. The van der Waals surface area contributed by atoms with Gasteiger partial charge in [-0.1, -0.05) is 11.6 Å². The van der Waals surface area contributed by atoms with Crippen molar-refractivity contribution >= 4 is 29.4 Å². The summed E-state index contributed by atoms with van der Waals surface area (Å²) in [5.41, 5.74) is -2.08. The van der Waals surface area contributed by atoms with Crippen LogP contribution in [0.3, 0.4) is 0 Å². The first-order chi connectivity index (χ1) is 10.8. The maximum atomic E-state index is 12.7. The van der Waals surface area contributed by atoms with E-state index in [0.717, 1.165) is 4.90 Å². The predicted molar refractivity (Wildman–Crippen MR) is 75.9 cm³/mol. The van der Waals surface area contributed by atoms with Crippen molar-refractivity contribution in [2.24, 2.45) is 0 Å². The van der Waals surface area contributed by atoms with Gasteiger partial charge in [-0.05, 0) is 21.0 Å². The van der Waals surface area contributed by atoms with Gasteiger partial charge in [-0.15, -0.1) is 0 Å². The molecule has 2 unspecified atom stereocenters. The van der Waals surface area contributed by atoms with Crippen LogP contribution in [-0.2, 0) is 14.4 Å². The second-order valence-electron chi connectivity index (χ2n) is 5.13. The maximum Gasteiger partial charge on any atom is 0.490 e. The van der Waals surface area contributed by atoms with Gasteiger partial charge in [0.1, 0.15) is 6.04 Å². The van der Waals surface area contributed by atoms with Gasteiger partial charge in [0.2, 0.25) is 5.91 Å². The van der Waals surface area contributed by atoms with Crippen LogP contribution in [-0.4, -0.2) is 89.3 Å². The summed E-state index contributed by atoms with van der Waals surface area (Å²) in [7, 11) is 3.78. The molecule has 0 aromatic heterocycles. The average Bonchev–Trinajstić information content (AvgIpc) is 2.71. The third kappa shape index (κ3) is 6.87. The standard InChI is InChI=1S/C10H17ClFN3O2.C2HF3O2/c1-7-9(16)14(5-4-13(2)3)6-15(7)10(17)8(11)12;3-2(4,5)1(6)7/h7-8H,4-6H2,1-3H3;(H,6,7). The van der Waals surface area contributed by atoms with Gasteiger partial charge in [-0.3, -0.25) is 9.59 Å². The van der Waals surface area contributed by atoms with E-state index in [1.807, 2.05) is 19.0 Å². The van der Waals surface area contributed by atoms with Crippen LogP contribution in [0.25, 0.3) is 0 Å². The number of carbonyl (C=O) groups is 3. The molecule has 2 amide bonds. The molecule has 1 heterocycles. The van der Waals surface area contributed by atoms with E-state index in [4.69, 9.17) is 21.5 Å². The maximum absolute atomic E-state index is 12.7. The molecule has 0 aromatic rings. The van der Waals surface area contributed by atoms with Gasteiger partial charge in [0.25, 0.3) is 11.5 Å². The topological polar surface area (TPSA) is 81.2 Å². The Morgan fingerprint density at radius 1 is 1.42 bits per heavy atom. The van der Waals surface area contributed by atoms with E-state index in [1.165, 1.54) is 4.90 Å². The molecule has 1 fully saturated rings. The summed E-state index contributed by atoms with van der Waals surface area (Å²) in [4.78, 5) is 36.7. The fraction of sp³-hybridized carbons (Fsp3) is 0.750. The van der Waals surface area contributed by atoms with E-state index >= 15 is 0 Å². The summed E-state index contributed by atoms with van der Waals surface area (Å²) in [6, 6.07) is -0.637. The Morgan fingerprint density at radius 2 is 1.88 bits per heavy atom. The van der Waals surface area contributed by atoms with Crippen molar-refractivity contribution in [1.29, 1.82) is 0 Å². The normalized spacial score (nSPS) is 19.2. The van der Waals surface area contributed by atoms with E-state index in [-0.39, 0.29) is 12.6 Å². The number of alkyl halides is 5. The van der Waals surface area contributed by atoms with Crippen LogP contribution in [0.5, 0.6) is 0 Å². The minimum Gasteiger partial charge on any atom is -0.475 e. The number of carboxylic acid groups (broad SMARTS) is 1. The molecule has 0 spiro atoms. The molecule has 2 atom stereocenters. The molecule has 1 aliphatic heterocycles. The Morgan fingerprint density at radius 3 is 2.21 bits per heavy atom. The second-order valence-corrected chi connectivity index (χ2v) is 5.52. The van der Waals surface area contributed by atoms with E-state index in [9.17, 15) is 27.2 Å². The summed E-state index contributed by atoms with van der Waals surface area (Å²) in [6.45, 7) is 2.90. The van der Waals surface area contributed by atoms with Crippen molar-refractivity contribution < 1.29 is 37.1 Å². The van der Waals surface area contributed by atoms with Gasteiger partial charge in [0, 0.05) is 13.1 Å². The highest BCUT2D eigenvalue weighted by Crippen LogP contribution is 2.17. The van der Waals surface area contributed by atoms with E-state index < -0.39 is 29.7 Å². The van der Waals surface area contributed by atoms with Crippen molar-refractivity contribution in [1.82, 2.24) is 14.7 Å². The number of likely N-dealkylation sites (N-methyl/N-ethyl adjacent to an activating group) is 1. The van der Waals surface area contributed by atoms with Crippen molar-refractivity contribution in [2.45, 2.75) is 24.8 Å². The minimum atomic E-state index is -5.08. The predicted octanol–water partition coefficient (Wildman–Crippen LogP) is 0.733. The average molecular weight is 380 g/mol. The van der Waals surface area contributed by atoms with E-state index in [1.54, 1.807) is 6.92 Å². The van der Waals surface area contributed by atoms with Crippen LogP contribution in [0.2, 0.25) is 0 Å². The molecule has 0 bridgehead atoms. The molecule has 1 N–H and O–H groups in total. The molecular formula is C12H18ClF4N3O4. The lowest BCUT2D eigenvalue weighted by molar-refractivity contribution is -0.192. The molecule has 12 heteroatoms. The van der Waals surface area contributed by atoms with E-state index in [2.05, 4.69) is 0 Å². The zero-order chi connectivity index (χ0) is 19.2. The van der Waals surface area contributed by atoms with Crippen LogP contribution in [0.1, 0.15) is 6.92 Å². The minimum absolute atomic E-state index is 0.111. The Bertz CT molecular complexity index is 474. The molecule has 1 aliphatic rings. The molecular weight excluding hydrogens is 362 g/mol. The van der Waals surface area contributed by atoms with E-state index in [0.29, 0.717) is 13.1 Å². The van der Waals surface area contributed by atoms with Gasteiger partial charge in [0.05, 0.1) is 6.67 Å². The molecule has 7 nitrogen and oxygen atoms in total. The van der Waals surface area contributed by atoms with Crippen molar-refractivity contribution in [3.05, 3.63) is 0 Å². The monoisotopic (exact) mass is 379 g/mol. The van der Waals surface area contributed by atoms with Gasteiger partial charge < -0.3 is 19.8 Å². The Hall–Kier alpha value is -1.62. The molecule has 140 valence electrons. The van der Waals surface area contributed by atoms with Gasteiger partial charge in [0.15, 0.2) is 0 Å². The zero-order valence-corrected chi connectivity index (χ0v) is 13.9. The quantitative estimate of drug-likeness (QED) is 0.575. The van der Waals surface area contributed by atoms with Crippen LogP contribution in [0.4, 0.5) is 17.6 Å². The van der Waals surface area contributed by atoms with Crippen LogP contribution in [0.15, 0.2) is 0 Å². The number of aliphatic carboxylic acids is 1. The van der Waals surface area contributed by atoms with Crippen LogP contribution in [0, 0.1) is 0 Å². The molecule has 0 aliphatic carbocycles.